The van der Waals surface area contributed by atoms with Crippen molar-refractivity contribution >= 4 is 22.1 Å². The zero-order valence-corrected chi connectivity index (χ0v) is 20.9. The van der Waals surface area contributed by atoms with Crippen LogP contribution >= 0.6 is 0 Å². The van der Waals surface area contributed by atoms with Crippen molar-refractivity contribution in [1.82, 2.24) is 9.97 Å². The second kappa shape index (κ2) is 9.09. The molecule has 0 fully saturated rings. The molecule has 0 N–H and O–H groups in total. The molecule has 176 valence electrons. The molecule has 3 heteroatoms. The standard InChI is InChI=1S/C33H28N2O/c1-21-12-16-26(22(2)18-21)30-19-31(34-20-23(30)3)29-11-7-10-27-28-17-15-25(35-33(28)36-32(27)29)14-13-24-8-5-4-6-9-24/h4-12,15-20H,13-14H2,1-3H3. The van der Waals surface area contributed by atoms with Crippen molar-refractivity contribution < 1.29 is 4.42 Å². The van der Waals surface area contributed by atoms with E-state index >= 15 is 0 Å². The van der Waals surface area contributed by atoms with Crippen LogP contribution in [0.2, 0.25) is 0 Å². The highest BCUT2D eigenvalue weighted by atomic mass is 16.3. The first-order valence-electron chi connectivity index (χ1n) is 12.5. The third kappa shape index (κ3) is 4.07. The summed E-state index contributed by atoms with van der Waals surface area (Å²) in [5.74, 6) is 0. The molecule has 3 aromatic heterocycles. The summed E-state index contributed by atoms with van der Waals surface area (Å²) in [6.45, 7) is 6.42. The minimum atomic E-state index is 0.685. The van der Waals surface area contributed by atoms with Crippen molar-refractivity contribution in [3.05, 3.63) is 119 Å². The van der Waals surface area contributed by atoms with Crippen molar-refractivity contribution in [2.45, 2.75) is 33.6 Å². The molecular weight excluding hydrogens is 440 g/mol. The molecule has 0 bridgehead atoms. The molecule has 3 aromatic carbocycles. The molecular formula is C33H28N2O. The van der Waals surface area contributed by atoms with E-state index < -0.39 is 0 Å². The Balaban J connectivity index is 1.41. The fourth-order valence-corrected chi connectivity index (χ4v) is 5.05. The van der Waals surface area contributed by atoms with Crippen molar-refractivity contribution in [3.63, 3.8) is 0 Å². The SMILES string of the molecule is Cc1ccc(-c2cc(-c3cccc4c3oc3nc(CCc5ccccc5)ccc34)ncc2C)c(C)c1. The molecule has 3 nitrogen and oxygen atoms in total. The average molecular weight is 469 g/mol. The minimum absolute atomic E-state index is 0.685. The topological polar surface area (TPSA) is 38.9 Å². The Morgan fingerprint density at radius 1 is 0.667 bits per heavy atom. The van der Waals surface area contributed by atoms with Gasteiger partial charge in [0.05, 0.1) is 5.69 Å². The predicted octanol–water partition coefficient (Wildman–Crippen LogP) is 8.42. The number of para-hydroxylation sites is 1. The van der Waals surface area contributed by atoms with Gasteiger partial charge in [-0.05, 0) is 85.7 Å². The Kier molecular flexibility index (Phi) is 5.61. The molecule has 0 aliphatic heterocycles. The highest BCUT2D eigenvalue weighted by molar-refractivity contribution is 6.08. The van der Waals surface area contributed by atoms with Crippen LogP contribution in [-0.4, -0.2) is 9.97 Å². The summed E-state index contributed by atoms with van der Waals surface area (Å²) >= 11 is 0. The lowest BCUT2D eigenvalue weighted by molar-refractivity contribution is 0.651. The molecule has 0 unspecified atom stereocenters. The van der Waals surface area contributed by atoms with Crippen LogP contribution in [0.15, 0.2) is 95.5 Å². The van der Waals surface area contributed by atoms with Gasteiger partial charge in [-0.25, -0.2) is 4.98 Å². The van der Waals surface area contributed by atoms with E-state index in [1.54, 1.807) is 0 Å². The minimum Gasteiger partial charge on any atom is -0.437 e. The summed E-state index contributed by atoms with van der Waals surface area (Å²) in [6, 6.07) is 29.9. The molecule has 3 heterocycles. The number of fused-ring (bicyclic) bond motifs is 3. The zero-order valence-electron chi connectivity index (χ0n) is 20.9. The highest BCUT2D eigenvalue weighted by Crippen LogP contribution is 2.37. The monoisotopic (exact) mass is 468 g/mol. The van der Waals surface area contributed by atoms with Gasteiger partial charge in [-0.2, -0.15) is 0 Å². The number of aryl methyl sites for hydroxylation is 5. The maximum Gasteiger partial charge on any atom is 0.227 e. The van der Waals surface area contributed by atoms with Crippen LogP contribution < -0.4 is 0 Å². The predicted molar refractivity (Wildman–Crippen MR) is 148 cm³/mol. The van der Waals surface area contributed by atoms with E-state index in [9.17, 15) is 0 Å². The lowest BCUT2D eigenvalue weighted by Gasteiger charge is -2.12. The fraction of sp³-hybridized carbons (Fsp3) is 0.152. The van der Waals surface area contributed by atoms with E-state index in [2.05, 4.69) is 99.6 Å². The van der Waals surface area contributed by atoms with Crippen LogP contribution in [0.5, 0.6) is 0 Å². The summed E-state index contributed by atoms with van der Waals surface area (Å²) in [5.41, 5.74) is 11.9. The molecule has 0 radical (unpaired) electrons. The third-order valence-corrected chi connectivity index (χ3v) is 6.99. The van der Waals surface area contributed by atoms with Gasteiger partial charge in [0.2, 0.25) is 5.71 Å². The zero-order chi connectivity index (χ0) is 24.6. The van der Waals surface area contributed by atoms with E-state index in [-0.39, 0.29) is 0 Å². The maximum absolute atomic E-state index is 6.39. The molecule has 36 heavy (non-hydrogen) atoms. The van der Waals surface area contributed by atoms with Gasteiger partial charge in [0.1, 0.15) is 5.58 Å². The number of aromatic nitrogens is 2. The van der Waals surface area contributed by atoms with Crippen LogP contribution in [0.1, 0.15) is 27.9 Å². The second-order valence-corrected chi connectivity index (χ2v) is 9.63. The smallest absolute Gasteiger partial charge is 0.227 e. The van der Waals surface area contributed by atoms with Gasteiger partial charge in [-0.15, -0.1) is 0 Å². The number of hydrogen-bond donors (Lipinski definition) is 0. The summed E-state index contributed by atoms with van der Waals surface area (Å²) in [7, 11) is 0. The van der Waals surface area contributed by atoms with Crippen molar-refractivity contribution in [1.29, 1.82) is 0 Å². The Labute approximate surface area is 211 Å². The number of furan rings is 1. The first kappa shape index (κ1) is 22.2. The van der Waals surface area contributed by atoms with Crippen molar-refractivity contribution in [2.75, 3.05) is 0 Å². The number of nitrogens with zero attached hydrogens (tertiary/aromatic N) is 2. The fourth-order valence-electron chi connectivity index (χ4n) is 5.05. The third-order valence-electron chi connectivity index (χ3n) is 6.99. The van der Waals surface area contributed by atoms with Crippen LogP contribution in [0.4, 0.5) is 0 Å². The molecule has 0 aliphatic carbocycles. The van der Waals surface area contributed by atoms with Gasteiger partial charge in [-0.3, -0.25) is 4.98 Å². The van der Waals surface area contributed by atoms with Gasteiger partial charge >= 0.3 is 0 Å². The Morgan fingerprint density at radius 2 is 1.53 bits per heavy atom. The second-order valence-electron chi connectivity index (χ2n) is 9.63. The summed E-state index contributed by atoms with van der Waals surface area (Å²) < 4.78 is 6.39. The van der Waals surface area contributed by atoms with E-state index in [0.29, 0.717) is 5.71 Å². The van der Waals surface area contributed by atoms with Crippen LogP contribution in [0.3, 0.4) is 0 Å². The lowest BCUT2D eigenvalue weighted by atomic mass is 9.94. The van der Waals surface area contributed by atoms with Gasteiger partial charge in [0, 0.05) is 28.2 Å². The molecule has 0 saturated carbocycles. The van der Waals surface area contributed by atoms with Gasteiger partial charge in [-0.1, -0.05) is 66.2 Å². The number of hydrogen-bond acceptors (Lipinski definition) is 3. The Hall–Kier alpha value is -4.24. The molecule has 0 atom stereocenters. The maximum atomic E-state index is 6.39. The summed E-state index contributed by atoms with van der Waals surface area (Å²) in [6.07, 6.45) is 3.80. The summed E-state index contributed by atoms with van der Waals surface area (Å²) in [4.78, 5) is 9.68. The molecule has 0 spiro atoms. The number of rotatable bonds is 5. The van der Waals surface area contributed by atoms with E-state index in [4.69, 9.17) is 14.4 Å². The first-order valence-corrected chi connectivity index (χ1v) is 12.5. The van der Waals surface area contributed by atoms with Crippen LogP contribution in [0, 0.1) is 20.8 Å². The number of benzene rings is 3. The first-order chi connectivity index (χ1) is 17.6. The van der Waals surface area contributed by atoms with Crippen LogP contribution in [0.25, 0.3) is 44.5 Å². The average Bonchev–Trinajstić information content (AvgIpc) is 3.27. The lowest BCUT2D eigenvalue weighted by Crippen LogP contribution is -1.93. The largest absolute Gasteiger partial charge is 0.437 e. The quantitative estimate of drug-likeness (QED) is 0.255. The molecule has 0 aliphatic rings. The van der Waals surface area contributed by atoms with E-state index in [0.717, 1.165) is 51.7 Å². The van der Waals surface area contributed by atoms with Crippen molar-refractivity contribution in [2.24, 2.45) is 0 Å². The number of pyridine rings is 2. The van der Waals surface area contributed by atoms with Crippen molar-refractivity contribution in [3.8, 4) is 22.4 Å². The van der Waals surface area contributed by atoms with Crippen LogP contribution in [-0.2, 0) is 12.8 Å². The van der Waals surface area contributed by atoms with E-state index in [1.165, 1.54) is 27.8 Å². The molecule has 6 aromatic rings. The summed E-state index contributed by atoms with van der Waals surface area (Å²) in [5, 5.41) is 2.11. The van der Waals surface area contributed by atoms with Gasteiger partial charge in [0.25, 0.3) is 0 Å². The van der Waals surface area contributed by atoms with Gasteiger partial charge < -0.3 is 4.42 Å². The molecule has 0 amide bonds. The van der Waals surface area contributed by atoms with Gasteiger partial charge in [0.15, 0.2) is 0 Å². The molecule has 0 saturated heterocycles. The highest BCUT2D eigenvalue weighted by Gasteiger charge is 2.16. The van der Waals surface area contributed by atoms with E-state index in [1.807, 2.05) is 12.3 Å². The normalized spacial score (nSPS) is 11.4. The molecule has 6 rings (SSSR count). The Bertz CT molecular complexity index is 1710. The Morgan fingerprint density at radius 3 is 2.36 bits per heavy atom.